The topological polar surface area (TPSA) is 60.4 Å². The van der Waals surface area contributed by atoms with E-state index in [9.17, 15) is 13.2 Å². The third-order valence-corrected chi connectivity index (χ3v) is 12.9. The summed E-state index contributed by atoms with van der Waals surface area (Å²) < 4.78 is 34.1. The summed E-state index contributed by atoms with van der Waals surface area (Å²) in [5.41, 5.74) is 3.92. The fraction of sp³-hybridized carbons (Fsp3) is 0.513. The Labute approximate surface area is 277 Å². The van der Waals surface area contributed by atoms with Gasteiger partial charge in [-0.25, -0.2) is 0 Å². The Balaban J connectivity index is 1.88. The first-order valence-electron chi connectivity index (χ1n) is 16.9. The van der Waals surface area contributed by atoms with Crippen LogP contribution in [0.25, 0.3) is 0 Å². The van der Waals surface area contributed by atoms with Crippen molar-refractivity contribution < 1.29 is 17.9 Å². The average molecular weight is 651 g/mol. The van der Waals surface area contributed by atoms with Gasteiger partial charge in [-0.05, 0) is 75.4 Å². The molecule has 3 rings (SSSR count). The van der Waals surface area contributed by atoms with Crippen LogP contribution in [0.3, 0.4) is 0 Å². The lowest BCUT2D eigenvalue weighted by Gasteiger charge is -2.30. The highest BCUT2D eigenvalue weighted by Gasteiger charge is 2.40. The lowest BCUT2D eigenvalue weighted by atomic mass is 9.90. The molecule has 0 saturated carbocycles. The summed E-state index contributed by atoms with van der Waals surface area (Å²) in [5.74, 6) is -0.796. The van der Waals surface area contributed by atoms with Gasteiger partial charge in [0.2, 0.25) is 0 Å². The SMILES string of the molecule is CCCCCCCCCCCC[C@@H](C([S@@](=O)c1ccc(C)cc1)[S@@](=O)c1ccc(C)cc1)[C@H](C)C(=O)Oc1c(C)cccc1C. The molecule has 0 saturated heterocycles. The van der Waals surface area contributed by atoms with E-state index >= 15 is 0 Å². The van der Waals surface area contributed by atoms with Crippen molar-refractivity contribution in [2.45, 2.75) is 127 Å². The second-order valence-corrected chi connectivity index (χ2v) is 16.1. The molecule has 0 radical (unpaired) electrons. The van der Waals surface area contributed by atoms with E-state index in [1.54, 1.807) is 0 Å². The van der Waals surface area contributed by atoms with Crippen LogP contribution in [0, 0.1) is 39.5 Å². The number of hydrogen-bond acceptors (Lipinski definition) is 4. The molecule has 6 heteroatoms. The molecular formula is C39H54O4S2. The lowest BCUT2D eigenvalue weighted by Crippen LogP contribution is -2.39. The van der Waals surface area contributed by atoms with Crippen molar-refractivity contribution in [2.24, 2.45) is 11.8 Å². The van der Waals surface area contributed by atoms with Crippen molar-refractivity contribution >= 4 is 27.6 Å². The summed E-state index contributed by atoms with van der Waals surface area (Å²) in [7, 11) is -3.22. The second-order valence-electron chi connectivity index (χ2n) is 12.7. The van der Waals surface area contributed by atoms with E-state index in [1.807, 2.05) is 101 Å². The zero-order valence-corrected chi connectivity index (χ0v) is 29.9. The van der Waals surface area contributed by atoms with Crippen molar-refractivity contribution in [1.82, 2.24) is 0 Å². The van der Waals surface area contributed by atoms with Crippen LogP contribution < -0.4 is 4.74 Å². The summed E-state index contributed by atoms with van der Waals surface area (Å²) >= 11 is 0. The third kappa shape index (κ3) is 11.3. The normalized spacial score (nSPS) is 14.2. The number of carbonyl (C=O) groups is 1. The maximum Gasteiger partial charge on any atom is 0.314 e. The first-order chi connectivity index (χ1) is 21.6. The fourth-order valence-corrected chi connectivity index (χ4v) is 9.85. The van der Waals surface area contributed by atoms with Gasteiger partial charge in [-0.1, -0.05) is 132 Å². The molecule has 4 atom stereocenters. The quantitative estimate of drug-likeness (QED) is 0.0736. The van der Waals surface area contributed by atoms with Crippen LogP contribution in [0.2, 0.25) is 0 Å². The summed E-state index contributed by atoms with van der Waals surface area (Å²) in [6, 6.07) is 21.0. The number of para-hydroxylation sites is 1. The summed E-state index contributed by atoms with van der Waals surface area (Å²) in [6.45, 7) is 12.0. The highest BCUT2D eigenvalue weighted by molar-refractivity contribution is 8.03. The molecule has 0 fully saturated rings. The van der Waals surface area contributed by atoms with Crippen molar-refractivity contribution in [2.75, 3.05) is 0 Å². The predicted molar refractivity (Wildman–Crippen MR) is 190 cm³/mol. The monoisotopic (exact) mass is 650 g/mol. The minimum atomic E-state index is -1.61. The summed E-state index contributed by atoms with van der Waals surface area (Å²) in [4.78, 5) is 15.1. The van der Waals surface area contributed by atoms with E-state index in [4.69, 9.17) is 4.74 Å². The molecule has 0 amide bonds. The van der Waals surface area contributed by atoms with Gasteiger partial charge in [-0.3, -0.25) is 13.2 Å². The Bertz CT molecular complexity index is 1300. The number of hydrogen-bond donors (Lipinski definition) is 0. The van der Waals surface area contributed by atoms with Gasteiger partial charge in [-0.2, -0.15) is 0 Å². The molecule has 246 valence electrons. The van der Waals surface area contributed by atoms with Crippen LogP contribution in [-0.4, -0.2) is 19.0 Å². The smallest absolute Gasteiger partial charge is 0.314 e. The third-order valence-electron chi connectivity index (χ3n) is 8.79. The molecule has 3 aromatic rings. The van der Waals surface area contributed by atoms with Crippen LogP contribution >= 0.6 is 0 Å². The molecule has 0 aliphatic carbocycles. The Morgan fingerprint density at radius 1 is 0.644 bits per heavy atom. The number of carbonyl (C=O) groups excluding carboxylic acids is 1. The van der Waals surface area contributed by atoms with E-state index in [1.165, 1.54) is 44.9 Å². The van der Waals surface area contributed by atoms with Crippen LogP contribution in [0.4, 0.5) is 0 Å². The molecule has 3 aromatic carbocycles. The van der Waals surface area contributed by atoms with Crippen LogP contribution in [-0.2, 0) is 26.4 Å². The standard InChI is InChI=1S/C39H54O4S2/c1-7-8-9-10-11-12-13-14-15-16-20-36(33(6)38(40)43-37-31(4)18-17-19-32(37)5)39(44(41)34-25-21-29(2)22-26-34)45(42)35-27-23-30(3)24-28-35/h17-19,21-28,33,36,39H,7-16,20H2,1-6H3/t33-,36+,44-,45-/m0/s1. The molecule has 0 spiro atoms. The Morgan fingerprint density at radius 2 is 1.07 bits per heavy atom. The number of unbranched alkanes of at least 4 members (excludes halogenated alkanes) is 9. The lowest BCUT2D eigenvalue weighted by molar-refractivity contribution is -0.140. The molecule has 4 nitrogen and oxygen atoms in total. The number of aryl methyl sites for hydroxylation is 4. The molecule has 0 bridgehead atoms. The highest BCUT2D eigenvalue weighted by atomic mass is 32.2. The fourth-order valence-electron chi connectivity index (χ4n) is 5.83. The maximum absolute atomic E-state index is 14.4. The van der Waals surface area contributed by atoms with Gasteiger partial charge in [0.1, 0.15) is 10.3 Å². The molecule has 45 heavy (non-hydrogen) atoms. The van der Waals surface area contributed by atoms with Crippen LogP contribution in [0.15, 0.2) is 76.5 Å². The number of esters is 1. The largest absolute Gasteiger partial charge is 0.426 e. The highest BCUT2D eigenvalue weighted by Crippen LogP contribution is 2.35. The van der Waals surface area contributed by atoms with Gasteiger partial charge >= 0.3 is 5.97 Å². The van der Waals surface area contributed by atoms with Crippen molar-refractivity contribution in [3.8, 4) is 5.75 Å². The van der Waals surface area contributed by atoms with Gasteiger partial charge in [0.05, 0.1) is 27.5 Å². The van der Waals surface area contributed by atoms with Gasteiger partial charge in [0, 0.05) is 9.79 Å². The minimum absolute atomic E-state index is 0.365. The van der Waals surface area contributed by atoms with Gasteiger partial charge in [0.15, 0.2) is 0 Å². The number of ether oxygens (including phenoxy) is 1. The van der Waals surface area contributed by atoms with E-state index in [0.717, 1.165) is 41.5 Å². The molecule has 0 N–H and O–H groups in total. The van der Waals surface area contributed by atoms with Gasteiger partial charge < -0.3 is 4.74 Å². The van der Waals surface area contributed by atoms with E-state index in [2.05, 4.69) is 6.92 Å². The van der Waals surface area contributed by atoms with E-state index in [0.29, 0.717) is 22.0 Å². The van der Waals surface area contributed by atoms with Gasteiger partial charge in [0.25, 0.3) is 0 Å². The molecule has 0 heterocycles. The van der Waals surface area contributed by atoms with Crippen LogP contribution in [0.5, 0.6) is 5.75 Å². The minimum Gasteiger partial charge on any atom is -0.426 e. The van der Waals surface area contributed by atoms with Gasteiger partial charge in [-0.15, -0.1) is 0 Å². The zero-order chi connectivity index (χ0) is 32.8. The second kappa shape index (κ2) is 19.2. The molecule has 0 aliphatic rings. The predicted octanol–water partition coefficient (Wildman–Crippen LogP) is 10.3. The Hall–Kier alpha value is -2.57. The maximum atomic E-state index is 14.4. The van der Waals surface area contributed by atoms with Crippen molar-refractivity contribution in [3.63, 3.8) is 0 Å². The Kier molecular flexibility index (Phi) is 15.7. The van der Waals surface area contributed by atoms with E-state index in [-0.39, 0.29) is 5.97 Å². The Morgan fingerprint density at radius 3 is 1.51 bits per heavy atom. The summed E-state index contributed by atoms with van der Waals surface area (Å²) in [6.07, 6.45) is 12.7. The van der Waals surface area contributed by atoms with E-state index < -0.39 is 38.0 Å². The molecule has 0 aromatic heterocycles. The molecular weight excluding hydrogens is 597 g/mol. The average Bonchev–Trinajstić information content (AvgIpc) is 3.03. The number of benzene rings is 3. The van der Waals surface area contributed by atoms with Crippen molar-refractivity contribution in [1.29, 1.82) is 0 Å². The van der Waals surface area contributed by atoms with Crippen molar-refractivity contribution in [3.05, 3.63) is 89.0 Å². The first-order valence-corrected chi connectivity index (χ1v) is 19.3. The zero-order valence-electron chi connectivity index (χ0n) is 28.3. The molecule has 0 unspecified atom stereocenters. The first kappa shape index (κ1) is 36.9. The van der Waals surface area contributed by atoms with Crippen LogP contribution in [0.1, 0.15) is 107 Å². The molecule has 0 aliphatic heterocycles. The summed E-state index contributed by atoms with van der Waals surface area (Å²) in [5, 5.41) is 0. The number of rotatable bonds is 19.